The Morgan fingerprint density at radius 1 is 1.09 bits per heavy atom. The molecule has 1 aliphatic rings. The van der Waals surface area contributed by atoms with Crippen LogP contribution in [0.15, 0.2) is 97.0 Å². The summed E-state index contributed by atoms with van der Waals surface area (Å²) in [5.41, 5.74) is 1.49. The first-order valence-electron chi connectivity index (χ1n) is 10.7. The SMILES string of the molecule is O=C(CSc1nncn1Cc1ccco1)N1N=C(c2cc3ccccc3o2)CC1c1ccco1. The summed E-state index contributed by atoms with van der Waals surface area (Å²) >= 11 is 1.30. The van der Waals surface area contributed by atoms with Gasteiger partial charge in [0.1, 0.15) is 35.2 Å². The Morgan fingerprint density at radius 3 is 2.79 bits per heavy atom. The van der Waals surface area contributed by atoms with Crippen LogP contribution in [0.25, 0.3) is 11.0 Å². The fourth-order valence-electron chi connectivity index (χ4n) is 3.94. The van der Waals surface area contributed by atoms with E-state index < -0.39 is 0 Å². The first kappa shape index (κ1) is 20.5. The molecule has 9 nitrogen and oxygen atoms in total. The van der Waals surface area contributed by atoms with Gasteiger partial charge in [0.05, 0.1) is 24.8 Å². The highest BCUT2D eigenvalue weighted by Crippen LogP contribution is 2.35. The minimum absolute atomic E-state index is 0.144. The van der Waals surface area contributed by atoms with Crippen LogP contribution >= 0.6 is 11.8 Å². The lowest BCUT2D eigenvalue weighted by Gasteiger charge is -2.19. The number of rotatable bonds is 7. The zero-order valence-electron chi connectivity index (χ0n) is 17.9. The Morgan fingerprint density at radius 2 is 1.97 bits per heavy atom. The summed E-state index contributed by atoms with van der Waals surface area (Å²) in [5.74, 6) is 2.09. The molecule has 0 N–H and O–H groups in total. The van der Waals surface area contributed by atoms with Crippen LogP contribution in [0.2, 0.25) is 0 Å². The third kappa shape index (κ3) is 3.92. The van der Waals surface area contributed by atoms with E-state index >= 15 is 0 Å². The molecule has 170 valence electrons. The highest BCUT2D eigenvalue weighted by molar-refractivity contribution is 7.99. The number of para-hydroxylation sites is 1. The lowest BCUT2D eigenvalue weighted by Crippen LogP contribution is -2.28. The predicted octanol–water partition coefficient (Wildman–Crippen LogP) is 4.73. The first-order chi connectivity index (χ1) is 16.7. The van der Waals surface area contributed by atoms with E-state index in [1.165, 1.54) is 16.8 Å². The van der Waals surface area contributed by atoms with Crippen molar-refractivity contribution in [3.63, 3.8) is 0 Å². The van der Waals surface area contributed by atoms with Crippen molar-refractivity contribution in [2.75, 3.05) is 5.75 Å². The summed E-state index contributed by atoms with van der Waals surface area (Å²) in [5, 5.41) is 15.9. The summed E-state index contributed by atoms with van der Waals surface area (Å²) in [6, 6.07) is 16.8. The minimum Gasteiger partial charge on any atom is -0.467 e. The zero-order valence-corrected chi connectivity index (χ0v) is 18.7. The summed E-state index contributed by atoms with van der Waals surface area (Å²) in [6.07, 6.45) is 5.34. The van der Waals surface area contributed by atoms with E-state index in [0.717, 1.165) is 16.7 Å². The number of amides is 1. The molecule has 1 aromatic carbocycles. The predicted molar refractivity (Wildman–Crippen MR) is 124 cm³/mol. The van der Waals surface area contributed by atoms with E-state index in [4.69, 9.17) is 13.3 Å². The number of thioether (sulfide) groups is 1. The van der Waals surface area contributed by atoms with Crippen molar-refractivity contribution in [3.05, 3.63) is 90.7 Å². The van der Waals surface area contributed by atoms with E-state index in [2.05, 4.69) is 15.3 Å². The van der Waals surface area contributed by atoms with Crippen molar-refractivity contribution in [3.8, 4) is 0 Å². The van der Waals surface area contributed by atoms with Gasteiger partial charge in [-0.3, -0.25) is 4.79 Å². The molecule has 34 heavy (non-hydrogen) atoms. The largest absolute Gasteiger partial charge is 0.467 e. The van der Waals surface area contributed by atoms with Crippen LogP contribution in [-0.2, 0) is 11.3 Å². The summed E-state index contributed by atoms with van der Waals surface area (Å²) in [4.78, 5) is 13.3. The number of fused-ring (bicyclic) bond motifs is 1. The second kappa shape index (κ2) is 8.71. The molecule has 1 aliphatic heterocycles. The van der Waals surface area contributed by atoms with Gasteiger partial charge in [0.25, 0.3) is 5.91 Å². The van der Waals surface area contributed by atoms with Crippen molar-refractivity contribution in [2.24, 2.45) is 5.10 Å². The highest BCUT2D eigenvalue weighted by Gasteiger charge is 2.36. The van der Waals surface area contributed by atoms with Gasteiger partial charge in [0, 0.05) is 11.8 Å². The van der Waals surface area contributed by atoms with Crippen LogP contribution in [0.1, 0.15) is 29.7 Å². The van der Waals surface area contributed by atoms with Crippen molar-refractivity contribution in [1.82, 2.24) is 19.8 Å². The number of hydrogen-bond donors (Lipinski definition) is 0. The van der Waals surface area contributed by atoms with Crippen LogP contribution in [0, 0.1) is 0 Å². The molecule has 0 saturated carbocycles. The summed E-state index contributed by atoms with van der Waals surface area (Å²) < 4.78 is 18.9. The molecule has 5 heterocycles. The molecular weight excluding hydrogens is 454 g/mol. The zero-order chi connectivity index (χ0) is 22.9. The van der Waals surface area contributed by atoms with Gasteiger partial charge in [-0.05, 0) is 36.4 Å². The molecule has 6 rings (SSSR count). The number of nitrogens with zero attached hydrogens (tertiary/aromatic N) is 5. The molecule has 5 aromatic rings. The Hall–Kier alpha value is -4.05. The molecule has 10 heteroatoms. The maximum Gasteiger partial charge on any atom is 0.253 e. The van der Waals surface area contributed by atoms with Gasteiger partial charge in [-0.15, -0.1) is 10.2 Å². The number of hydrazone groups is 1. The maximum absolute atomic E-state index is 13.3. The van der Waals surface area contributed by atoms with Gasteiger partial charge in [-0.2, -0.15) is 5.10 Å². The molecule has 0 aliphatic carbocycles. The first-order valence-corrected chi connectivity index (χ1v) is 11.7. The maximum atomic E-state index is 13.3. The van der Waals surface area contributed by atoms with Crippen molar-refractivity contribution >= 4 is 34.3 Å². The Balaban J connectivity index is 1.22. The van der Waals surface area contributed by atoms with E-state index in [1.54, 1.807) is 18.9 Å². The lowest BCUT2D eigenvalue weighted by atomic mass is 10.1. The molecule has 0 spiro atoms. The molecule has 0 radical (unpaired) electrons. The third-order valence-electron chi connectivity index (χ3n) is 5.56. The molecule has 1 atom stereocenters. The standard InChI is InChI=1S/C24H19N5O4S/c30-23(14-34-24-26-25-15-28(24)13-17-6-3-9-31-17)29-19(21-8-4-10-32-21)12-18(27-29)22-11-16-5-1-2-7-20(16)33-22/h1-11,15,19H,12-14H2. The fraction of sp³-hybridized carbons (Fsp3) is 0.167. The Bertz CT molecular complexity index is 1420. The molecule has 4 aromatic heterocycles. The van der Waals surface area contributed by atoms with Gasteiger partial charge in [0.15, 0.2) is 10.9 Å². The van der Waals surface area contributed by atoms with Gasteiger partial charge in [0.2, 0.25) is 0 Å². The van der Waals surface area contributed by atoms with Gasteiger partial charge in [-0.1, -0.05) is 30.0 Å². The van der Waals surface area contributed by atoms with Crippen LogP contribution in [0.4, 0.5) is 0 Å². The summed E-state index contributed by atoms with van der Waals surface area (Å²) in [6.45, 7) is 0.490. The van der Waals surface area contributed by atoms with Gasteiger partial charge in [-0.25, -0.2) is 5.01 Å². The van der Waals surface area contributed by atoms with Crippen LogP contribution < -0.4 is 0 Å². The van der Waals surface area contributed by atoms with Crippen LogP contribution in [-0.4, -0.2) is 37.1 Å². The van der Waals surface area contributed by atoms with Crippen LogP contribution in [0.5, 0.6) is 0 Å². The van der Waals surface area contributed by atoms with E-state index in [0.29, 0.717) is 35.4 Å². The van der Waals surface area contributed by atoms with Gasteiger partial charge >= 0.3 is 0 Å². The summed E-state index contributed by atoms with van der Waals surface area (Å²) in [7, 11) is 0. The van der Waals surface area contributed by atoms with Gasteiger partial charge < -0.3 is 17.8 Å². The fourth-order valence-corrected chi connectivity index (χ4v) is 4.71. The topological polar surface area (TPSA) is 103 Å². The highest BCUT2D eigenvalue weighted by atomic mass is 32.2. The van der Waals surface area contributed by atoms with Crippen molar-refractivity contribution < 1.29 is 18.0 Å². The number of carbonyl (C=O) groups is 1. The molecule has 1 amide bonds. The van der Waals surface area contributed by atoms with Crippen molar-refractivity contribution in [1.29, 1.82) is 0 Å². The van der Waals surface area contributed by atoms with E-state index in [9.17, 15) is 4.79 Å². The smallest absolute Gasteiger partial charge is 0.253 e. The molecule has 0 fully saturated rings. The van der Waals surface area contributed by atoms with Crippen molar-refractivity contribution in [2.45, 2.75) is 24.2 Å². The minimum atomic E-state index is -0.340. The Kier molecular flexibility index (Phi) is 5.27. The van der Waals surface area contributed by atoms with E-state index in [1.807, 2.05) is 59.2 Å². The van der Waals surface area contributed by atoms with E-state index in [-0.39, 0.29) is 17.7 Å². The number of benzene rings is 1. The number of hydrogen-bond acceptors (Lipinski definition) is 8. The molecule has 0 saturated heterocycles. The van der Waals surface area contributed by atoms with Crippen LogP contribution in [0.3, 0.4) is 0 Å². The molecule has 0 bridgehead atoms. The Labute approximate surface area is 198 Å². The lowest BCUT2D eigenvalue weighted by molar-refractivity contribution is -0.130. The average molecular weight is 474 g/mol. The monoisotopic (exact) mass is 473 g/mol. The average Bonchev–Trinajstić information content (AvgIpc) is 3.66. The quantitative estimate of drug-likeness (QED) is 0.315. The molecular formula is C24H19N5O4S. The second-order valence-electron chi connectivity index (χ2n) is 7.78. The normalized spacial score (nSPS) is 15.8. The number of aromatic nitrogens is 3. The third-order valence-corrected chi connectivity index (χ3v) is 6.52. The number of carbonyl (C=O) groups excluding carboxylic acids is 1. The number of furan rings is 3. The second-order valence-corrected chi connectivity index (χ2v) is 8.72. The molecule has 1 unspecified atom stereocenters.